The number of benzene rings is 1. The third-order valence-electron chi connectivity index (χ3n) is 6.08. The largest absolute Gasteiger partial charge is 0.368 e. The van der Waals surface area contributed by atoms with Gasteiger partial charge in [-0.05, 0) is 24.8 Å². The number of carbonyl (C=O) groups is 1. The Morgan fingerprint density at radius 3 is 2.73 bits per heavy atom. The molecule has 0 bridgehead atoms. The van der Waals surface area contributed by atoms with Crippen molar-refractivity contribution in [2.75, 3.05) is 19.7 Å². The number of fused-ring (bicyclic) bond motifs is 2. The van der Waals surface area contributed by atoms with Crippen molar-refractivity contribution < 1.29 is 14.1 Å². The van der Waals surface area contributed by atoms with Gasteiger partial charge in [0.2, 0.25) is 5.91 Å². The van der Waals surface area contributed by atoms with E-state index in [2.05, 4.69) is 10.1 Å². The molecule has 7 heteroatoms. The van der Waals surface area contributed by atoms with Gasteiger partial charge in [-0.25, -0.2) is 9.97 Å². The second-order valence-corrected chi connectivity index (χ2v) is 7.89. The van der Waals surface area contributed by atoms with E-state index in [4.69, 9.17) is 14.2 Å². The topological polar surface area (TPSA) is 81.4 Å². The molecule has 4 heterocycles. The minimum absolute atomic E-state index is 0.143. The van der Waals surface area contributed by atoms with Crippen molar-refractivity contribution in [1.29, 1.82) is 0 Å². The minimum atomic E-state index is -0.429. The monoisotopic (exact) mass is 404 g/mol. The molecule has 2 aromatic heterocycles. The number of likely N-dealkylation sites (tertiary alicyclic amines) is 1. The molecule has 0 N–H and O–H groups in total. The zero-order chi connectivity index (χ0) is 20.4. The average molecular weight is 404 g/mol. The molecule has 5 rings (SSSR count). The van der Waals surface area contributed by atoms with E-state index in [1.165, 1.54) is 0 Å². The fourth-order valence-electron chi connectivity index (χ4n) is 4.39. The number of hydrogen-bond donors (Lipinski definition) is 0. The van der Waals surface area contributed by atoms with Gasteiger partial charge >= 0.3 is 0 Å². The Morgan fingerprint density at radius 1 is 1.13 bits per heavy atom. The molecular weight excluding hydrogens is 380 g/mol. The molecule has 1 spiro atoms. The van der Waals surface area contributed by atoms with Crippen molar-refractivity contribution in [1.82, 2.24) is 20.0 Å². The first-order chi connectivity index (χ1) is 14.7. The number of aromatic nitrogens is 3. The molecule has 0 aliphatic carbocycles. The van der Waals surface area contributed by atoms with Crippen molar-refractivity contribution in [3.8, 4) is 11.4 Å². The second-order valence-electron chi connectivity index (χ2n) is 7.89. The summed E-state index contributed by atoms with van der Waals surface area (Å²) < 4.78 is 11.4. The summed E-state index contributed by atoms with van der Waals surface area (Å²) in [6.07, 6.45) is 6.88. The molecule has 0 unspecified atom stereocenters. The molecule has 30 heavy (non-hydrogen) atoms. The minimum Gasteiger partial charge on any atom is -0.368 e. The second kappa shape index (κ2) is 7.99. The van der Waals surface area contributed by atoms with Crippen molar-refractivity contribution in [3.63, 3.8) is 0 Å². The zero-order valence-electron chi connectivity index (χ0n) is 16.8. The van der Waals surface area contributed by atoms with Gasteiger partial charge in [0.15, 0.2) is 5.82 Å². The molecule has 0 atom stereocenters. The highest BCUT2D eigenvalue weighted by Gasteiger charge is 2.43. The smallest absolute Gasteiger partial charge is 0.223 e. The lowest BCUT2D eigenvalue weighted by Gasteiger charge is -2.44. The van der Waals surface area contributed by atoms with Crippen LogP contribution in [0.4, 0.5) is 0 Å². The zero-order valence-corrected chi connectivity index (χ0v) is 16.8. The van der Waals surface area contributed by atoms with Gasteiger partial charge in [0.25, 0.3) is 0 Å². The lowest BCUT2D eigenvalue weighted by molar-refractivity contribution is -0.141. The maximum atomic E-state index is 12.6. The summed E-state index contributed by atoms with van der Waals surface area (Å²) in [4.78, 5) is 24.1. The lowest BCUT2D eigenvalue weighted by atomic mass is 9.83. The molecule has 3 aromatic rings. The fraction of sp³-hybridized carbons (Fsp3) is 0.391. The van der Waals surface area contributed by atoms with E-state index >= 15 is 0 Å². The van der Waals surface area contributed by atoms with Crippen LogP contribution in [0.25, 0.3) is 11.4 Å². The highest BCUT2D eigenvalue weighted by Crippen LogP contribution is 2.41. The maximum Gasteiger partial charge on any atom is 0.223 e. The van der Waals surface area contributed by atoms with Crippen LogP contribution in [0.15, 0.2) is 53.3 Å². The predicted octanol–water partition coefficient (Wildman–Crippen LogP) is 3.15. The van der Waals surface area contributed by atoms with E-state index in [1.54, 1.807) is 12.3 Å². The average Bonchev–Trinajstić information content (AvgIpc) is 3.32. The van der Waals surface area contributed by atoms with Gasteiger partial charge in [0, 0.05) is 43.8 Å². The van der Waals surface area contributed by atoms with Gasteiger partial charge < -0.3 is 14.2 Å². The standard InChI is InChI=1S/C23H24N4O3/c28-20(7-6-19-8-12-25-30-19)27-13-10-23(11-14-27)21-18(9-15-29-23)16-24-22(26-21)17-4-2-1-3-5-17/h1-5,8,12,16H,6-7,9-11,13-15H2. The van der Waals surface area contributed by atoms with Crippen molar-refractivity contribution in [2.45, 2.75) is 37.7 Å². The number of piperidine rings is 1. The summed E-state index contributed by atoms with van der Waals surface area (Å²) >= 11 is 0. The Kier molecular flexibility index (Phi) is 5.04. The molecule has 7 nitrogen and oxygen atoms in total. The number of carbonyl (C=O) groups excluding carboxylic acids is 1. The third-order valence-corrected chi connectivity index (χ3v) is 6.08. The Balaban J connectivity index is 1.31. The fourth-order valence-corrected chi connectivity index (χ4v) is 4.39. The molecule has 1 saturated heterocycles. The highest BCUT2D eigenvalue weighted by atomic mass is 16.5. The molecule has 1 fully saturated rings. The van der Waals surface area contributed by atoms with E-state index in [0.717, 1.165) is 47.7 Å². The normalized spacial score (nSPS) is 17.7. The molecule has 154 valence electrons. The highest BCUT2D eigenvalue weighted by molar-refractivity contribution is 5.76. The van der Waals surface area contributed by atoms with E-state index in [-0.39, 0.29) is 5.91 Å². The van der Waals surface area contributed by atoms with E-state index in [9.17, 15) is 4.79 Å². The molecule has 1 aromatic carbocycles. The molecule has 2 aliphatic rings. The first-order valence-corrected chi connectivity index (χ1v) is 10.5. The van der Waals surface area contributed by atoms with Crippen LogP contribution in [0, 0.1) is 0 Å². The van der Waals surface area contributed by atoms with Crippen LogP contribution >= 0.6 is 0 Å². The first kappa shape index (κ1) is 18.9. The Morgan fingerprint density at radius 2 is 1.97 bits per heavy atom. The van der Waals surface area contributed by atoms with E-state index in [1.807, 2.05) is 41.4 Å². The quantitative estimate of drug-likeness (QED) is 0.664. The summed E-state index contributed by atoms with van der Waals surface area (Å²) in [6, 6.07) is 11.8. The summed E-state index contributed by atoms with van der Waals surface area (Å²) in [5.74, 6) is 1.61. The Hall–Kier alpha value is -3.06. The summed E-state index contributed by atoms with van der Waals surface area (Å²) in [6.45, 7) is 2.00. The van der Waals surface area contributed by atoms with Crippen LogP contribution in [0.3, 0.4) is 0 Å². The number of nitrogens with zero attached hydrogens (tertiary/aromatic N) is 4. The van der Waals surface area contributed by atoms with Crippen LogP contribution in [-0.4, -0.2) is 45.6 Å². The Bertz CT molecular complexity index is 1010. The molecule has 2 aliphatic heterocycles. The van der Waals surface area contributed by atoms with E-state index in [0.29, 0.717) is 32.5 Å². The van der Waals surface area contributed by atoms with Gasteiger partial charge in [-0.2, -0.15) is 0 Å². The SMILES string of the molecule is O=C(CCc1ccno1)N1CCC2(CC1)OCCc1cnc(-c3ccccc3)nc12. The summed E-state index contributed by atoms with van der Waals surface area (Å²) in [5, 5.41) is 3.69. The van der Waals surface area contributed by atoms with Crippen LogP contribution in [-0.2, 0) is 28.0 Å². The number of ether oxygens (including phenoxy) is 1. The molecule has 0 saturated carbocycles. The van der Waals surface area contributed by atoms with Crippen LogP contribution in [0.2, 0.25) is 0 Å². The Labute approximate surface area is 175 Å². The van der Waals surface area contributed by atoms with Gasteiger partial charge in [-0.15, -0.1) is 0 Å². The van der Waals surface area contributed by atoms with Crippen molar-refractivity contribution in [2.24, 2.45) is 0 Å². The van der Waals surface area contributed by atoms with Gasteiger partial charge in [-0.3, -0.25) is 4.79 Å². The number of aryl methyl sites for hydroxylation is 1. The maximum absolute atomic E-state index is 12.6. The molecule has 0 radical (unpaired) electrons. The lowest BCUT2D eigenvalue weighted by Crippen LogP contribution is -2.49. The third kappa shape index (κ3) is 3.61. The number of hydrogen-bond acceptors (Lipinski definition) is 6. The molecular formula is C23H24N4O3. The van der Waals surface area contributed by atoms with Gasteiger partial charge in [0.1, 0.15) is 11.4 Å². The molecule has 1 amide bonds. The predicted molar refractivity (Wildman–Crippen MR) is 109 cm³/mol. The summed E-state index contributed by atoms with van der Waals surface area (Å²) in [7, 11) is 0. The van der Waals surface area contributed by atoms with Gasteiger partial charge in [0.05, 0.1) is 18.5 Å². The number of amides is 1. The summed E-state index contributed by atoms with van der Waals surface area (Å²) in [5.41, 5.74) is 2.73. The first-order valence-electron chi connectivity index (χ1n) is 10.5. The number of rotatable bonds is 4. The van der Waals surface area contributed by atoms with Crippen LogP contribution < -0.4 is 0 Å². The van der Waals surface area contributed by atoms with E-state index < -0.39 is 5.60 Å². The van der Waals surface area contributed by atoms with Crippen LogP contribution in [0.5, 0.6) is 0 Å². The van der Waals surface area contributed by atoms with Crippen LogP contribution in [0.1, 0.15) is 36.3 Å². The van der Waals surface area contributed by atoms with Crippen molar-refractivity contribution in [3.05, 3.63) is 65.8 Å². The van der Waals surface area contributed by atoms with Crippen molar-refractivity contribution >= 4 is 5.91 Å². The van der Waals surface area contributed by atoms with Gasteiger partial charge in [-0.1, -0.05) is 35.5 Å².